The van der Waals surface area contributed by atoms with Gasteiger partial charge in [-0.2, -0.15) is 0 Å². The van der Waals surface area contributed by atoms with Crippen molar-refractivity contribution in [2.45, 2.75) is 6.54 Å². The molecule has 0 saturated heterocycles. The molecule has 0 aliphatic carbocycles. The number of halogens is 5. The van der Waals surface area contributed by atoms with Gasteiger partial charge in [0.1, 0.15) is 5.82 Å². The van der Waals surface area contributed by atoms with E-state index in [-0.39, 0.29) is 17.3 Å². The summed E-state index contributed by atoms with van der Waals surface area (Å²) in [5.74, 6) is -4.67. The maximum atomic E-state index is 13.3. The average Bonchev–Trinajstić information content (AvgIpc) is 2.34. The lowest BCUT2D eigenvalue weighted by Crippen LogP contribution is -2.04. The van der Waals surface area contributed by atoms with Crippen molar-refractivity contribution < 1.29 is 17.6 Å². The van der Waals surface area contributed by atoms with Crippen molar-refractivity contribution in [2.75, 3.05) is 5.32 Å². The zero-order valence-corrected chi connectivity index (χ0v) is 10.2. The topological polar surface area (TPSA) is 12.0 Å². The number of rotatable bonds is 3. The summed E-state index contributed by atoms with van der Waals surface area (Å²) in [6, 6.07) is 5.68. The highest BCUT2D eigenvalue weighted by Gasteiger charge is 2.13. The van der Waals surface area contributed by atoms with Crippen molar-refractivity contribution in [3.05, 3.63) is 64.2 Å². The molecular weight excluding hydrogens is 282 g/mol. The Morgan fingerprint density at radius 2 is 1.68 bits per heavy atom. The molecule has 0 aromatic heterocycles. The lowest BCUT2D eigenvalue weighted by molar-refractivity contribution is 0.449. The zero-order chi connectivity index (χ0) is 14.0. The van der Waals surface area contributed by atoms with E-state index < -0.39 is 23.3 Å². The van der Waals surface area contributed by atoms with Crippen LogP contribution in [0, 0.1) is 23.3 Å². The summed E-state index contributed by atoms with van der Waals surface area (Å²) >= 11 is 5.66. The largest absolute Gasteiger partial charge is 0.379 e. The lowest BCUT2D eigenvalue weighted by Gasteiger charge is -2.09. The average molecular weight is 290 g/mol. The molecule has 0 radical (unpaired) electrons. The zero-order valence-electron chi connectivity index (χ0n) is 9.48. The molecule has 2 rings (SSSR count). The molecule has 100 valence electrons. The highest BCUT2D eigenvalue weighted by molar-refractivity contribution is 6.30. The molecular formula is C13H8ClF4N. The first-order chi connectivity index (χ1) is 8.97. The Morgan fingerprint density at radius 3 is 2.37 bits per heavy atom. The number of anilines is 1. The van der Waals surface area contributed by atoms with Gasteiger partial charge in [-0.1, -0.05) is 11.6 Å². The summed E-state index contributed by atoms with van der Waals surface area (Å²) in [5, 5.41) is 2.74. The highest BCUT2D eigenvalue weighted by Crippen LogP contribution is 2.21. The molecule has 0 heterocycles. The maximum absolute atomic E-state index is 13.3. The molecule has 0 atom stereocenters. The SMILES string of the molecule is Fc1cc(Cl)cc(CNc2ccc(F)c(F)c2F)c1. The second kappa shape index (κ2) is 5.48. The molecule has 0 unspecified atom stereocenters. The first-order valence-electron chi connectivity index (χ1n) is 5.29. The third-order valence-corrected chi connectivity index (χ3v) is 2.66. The molecule has 0 aliphatic heterocycles. The van der Waals surface area contributed by atoms with Gasteiger partial charge >= 0.3 is 0 Å². The predicted molar refractivity (Wildman–Crippen MR) is 65.1 cm³/mol. The van der Waals surface area contributed by atoms with Crippen LogP contribution in [0.2, 0.25) is 5.02 Å². The Labute approximate surface area is 111 Å². The van der Waals surface area contributed by atoms with Crippen molar-refractivity contribution in [1.29, 1.82) is 0 Å². The second-order valence-electron chi connectivity index (χ2n) is 3.85. The molecule has 0 aliphatic rings. The van der Waals surface area contributed by atoms with Gasteiger partial charge in [0.2, 0.25) is 0 Å². The van der Waals surface area contributed by atoms with Crippen LogP contribution >= 0.6 is 11.6 Å². The summed E-state index contributed by atoms with van der Waals surface area (Å²) < 4.78 is 52.1. The van der Waals surface area contributed by atoms with Crippen molar-refractivity contribution in [3.63, 3.8) is 0 Å². The van der Waals surface area contributed by atoms with Crippen LogP contribution in [0.3, 0.4) is 0 Å². The molecule has 1 N–H and O–H groups in total. The quantitative estimate of drug-likeness (QED) is 0.647. The first-order valence-corrected chi connectivity index (χ1v) is 5.67. The van der Waals surface area contributed by atoms with E-state index >= 15 is 0 Å². The number of benzene rings is 2. The molecule has 1 nitrogen and oxygen atoms in total. The van der Waals surface area contributed by atoms with Crippen LogP contribution in [0.15, 0.2) is 30.3 Å². The fraction of sp³-hybridized carbons (Fsp3) is 0.0769. The summed E-state index contributed by atoms with van der Waals surface area (Å²) in [5.41, 5.74) is 0.244. The van der Waals surface area contributed by atoms with E-state index in [1.165, 1.54) is 12.1 Å². The van der Waals surface area contributed by atoms with Gasteiger partial charge < -0.3 is 5.32 Å². The smallest absolute Gasteiger partial charge is 0.196 e. The van der Waals surface area contributed by atoms with Gasteiger partial charge in [-0.05, 0) is 35.9 Å². The third-order valence-electron chi connectivity index (χ3n) is 2.44. The first kappa shape index (κ1) is 13.7. The van der Waals surface area contributed by atoms with Gasteiger partial charge in [0.25, 0.3) is 0 Å². The van der Waals surface area contributed by atoms with Crippen LogP contribution in [0.4, 0.5) is 23.2 Å². The summed E-state index contributed by atoms with van der Waals surface area (Å²) in [7, 11) is 0. The van der Waals surface area contributed by atoms with E-state index in [0.29, 0.717) is 5.56 Å². The predicted octanol–water partition coefficient (Wildman–Crippen LogP) is 4.51. The fourth-order valence-electron chi connectivity index (χ4n) is 1.57. The summed E-state index contributed by atoms with van der Waals surface area (Å²) in [6.07, 6.45) is 0. The van der Waals surface area contributed by atoms with Gasteiger partial charge in [-0.25, -0.2) is 17.6 Å². The van der Waals surface area contributed by atoms with Crippen molar-refractivity contribution in [2.24, 2.45) is 0 Å². The molecule has 0 fully saturated rings. The van der Waals surface area contributed by atoms with E-state index in [2.05, 4.69) is 5.32 Å². The molecule has 0 amide bonds. The number of hydrogen-bond donors (Lipinski definition) is 1. The van der Waals surface area contributed by atoms with E-state index in [0.717, 1.165) is 18.2 Å². The van der Waals surface area contributed by atoms with Gasteiger partial charge in [0.05, 0.1) is 5.69 Å². The second-order valence-corrected chi connectivity index (χ2v) is 4.29. The van der Waals surface area contributed by atoms with Crippen LogP contribution < -0.4 is 5.32 Å². The normalized spacial score (nSPS) is 10.6. The van der Waals surface area contributed by atoms with Crippen LogP contribution in [-0.2, 0) is 6.54 Å². The van der Waals surface area contributed by atoms with Crippen molar-refractivity contribution in [3.8, 4) is 0 Å². The Hall–Kier alpha value is -1.75. The van der Waals surface area contributed by atoms with Crippen LogP contribution in [0.25, 0.3) is 0 Å². The minimum Gasteiger partial charge on any atom is -0.379 e. The monoisotopic (exact) mass is 289 g/mol. The Kier molecular flexibility index (Phi) is 3.95. The van der Waals surface area contributed by atoms with Gasteiger partial charge in [0.15, 0.2) is 17.5 Å². The minimum absolute atomic E-state index is 0.0273. The molecule has 6 heteroatoms. The fourth-order valence-corrected chi connectivity index (χ4v) is 1.82. The van der Waals surface area contributed by atoms with Gasteiger partial charge in [0, 0.05) is 11.6 Å². The van der Waals surface area contributed by atoms with Crippen LogP contribution in [0.5, 0.6) is 0 Å². The van der Waals surface area contributed by atoms with E-state index in [4.69, 9.17) is 11.6 Å². The Morgan fingerprint density at radius 1 is 0.947 bits per heavy atom. The van der Waals surface area contributed by atoms with Crippen LogP contribution in [-0.4, -0.2) is 0 Å². The molecule has 2 aromatic rings. The molecule has 19 heavy (non-hydrogen) atoms. The summed E-state index contributed by atoms with van der Waals surface area (Å²) in [4.78, 5) is 0. The Balaban J connectivity index is 2.17. The van der Waals surface area contributed by atoms with E-state index in [1.807, 2.05) is 0 Å². The number of nitrogens with one attached hydrogen (secondary N) is 1. The van der Waals surface area contributed by atoms with Gasteiger partial charge in [-0.15, -0.1) is 0 Å². The minimum atomic E-state index is -1.55. The highest BCUT2D eigenvalue weighted by atomic mass is 35.5. The van der Waals surface area contributed by atoms with Crippen molar-refractivity contribution >= 4 is 17.3 Å². The Bertz CT molecular complexity index is 596. The van der Waals surface area contributed by atoms with E-state index in [1.54, 1.807) is 0 Å². The number of hydrogen-bond acceptors (Lipinski definition) is 1. The summed E-state index contributed by atoms with van der Waals surface area (Å²) in [6.45, 7) is 0.0273. The molecule has 0 saturated carbocycles. The van der Waals surface area contributed by atoms with Crippen LogP contribution in [0.1, 0.15) is 5.56 Å². The third kappa shape index (κ3) is 3.17. The molecule has 2 aromatic carbocycles. The van der Waals surface area contributed by atoms with Crippen molar-refractivity contribution in [1.82, 2.24) is 0 Å². The van der Waals surface area contributed by atoms with E-state index in [9.17, 15) is 17.6 Å². The lowest BCUT2D eigenvalue weighted by atomic mass is 10.2. The maximum Gasteiger partial charge on any atom is 0.196 e. The molecule has 0 spiro atoms. The molecule has 0 bridgehead atoms. The van der Waals surface area contributed by atoms with Gasteiger partial charge in [-0.3, -0.25) is 0 Å². The standard InChI is InChI=1S/C13H8ClF4N/c14-8-3-7(4-9(15)5-8)6-19-11-2-1-10(16)12(17)13(11)18/h1-5,19H,6H2.